The lowest BCUT2D eigenvalue weighted by Crippen LogP contribution is -2.26. The van der Waals surface area contributed by atoms with Gasteiger partial charge in [0.25, 0.3) is 5.91 Å². The molecule has 0 radical (unpaired) electrons. The predicted octanol–water partition coefficient (Wildman–Crippen LogP) is 3.39. The molecule has 1 aromatic heterocycles. The molecule has 3 rings (SSSR count). The Morgan fingerprint density at radius 3 is 2.75 bits per heavy atom. The van der Waals surface area contributed by atoms with Gasteiger partial charge in [0.05, 0.1) is 22.5 Å². The van der Waals surface area contributed by atoms with Crippen molar-refractivity contribution >= 4 is 38.3 Å². The van der Waals surface area contributed by atoms with Gasteiger partial charge in [-0.05, 0) is 25.1 Å². The number of hydrogen-bond acceptors (Lipinski definition) is 5. The zero-order chi connectivity index (χ0) is 16.9. The van der Waals surface area contributed by atoms with Gasteiger partial charge in [-0.25, -0.2) is 14.8 Å². The summed E-state index contributed by atoms with van der Waals surface area (Å²) >= 11 is 1.47. The maximum atomic E-state index is 13.6. The van der Waals surface area contributed by atoms with E-state index in [0.29, 0.717) is 16.4 Å². The smallest absolute Gasteiger partial charge is 0.259 e. The van der Waals surface area contributed by atoms with Crippen molar-refractivity contribution in [1.82, 2.24) is 10.4 Å². The number of thiazole rings is 1. The summed E-state index contributed by atoms with van der Waals surface area (Å²) in [4.78, 5) is 16.2. The van der Waals surface area contributed by atoms with Gasteiger partial charge in [-0.2, -0.15) is 5.10 Å². The molecule has 2 aromatic carbocycles. The van der Waals surface area contributed by atoms with Crippen molar-refractivity contribution in [3.63, 3.8) is 0 Å². The van der Waals surface area contributed by atoms with Gasteiger partial charge < -0.3 is 5.32 Å². The minimum absolute atomic E-state index is 0.0356. The van der Waals surface area contributed by atoms with Crippen LogP contribution in [0.2, 0.25) is 0 Å². The summed E-state index contributed by atoms with van der Waals surface area (Å²) in [7, 11) is 0. The first-order valence-electron chi connectivity index (χ1n) is 7.31. The van der Waals surface area contributed by atoms with Gasteiger partial charge in [-0.1, -0.05) is 41.7 Å². The number of aromatic nitrogens is 1. The third-order valence-electron chi connectivity index (χ3n) is 3.31. The topological polar surface area (TPSA) is 66.4 Å². The third-order valence-corrected chi connectivity index (χ3v) is 4.30. The van der Waals surface area contributed by atoms with Crippen LogP contribution in [0.15, 0.2) is 53.6 Å². The Hall–Kier alpha value is -2.80. The van der Waals surface area contributed by atoms with Crippen LogP contribution < -0.4 is 10.7 Å². The van der Waals surface area contributed by atoms with E-state index in [2.05, 4.69) is 20.8 Å². The molecule has 1 amide bonds. The number of halogens is 1. The van der Waals surface area contributed by atoms with Crippen molar-refractivity contribution in [2.24, 2.45) is 5.10 Å². The fraction of sp³-hybridized carbons (Fsp3) is 0.118. The maximum Gasteiger partial charge on any atom is 0.259 e. The first-order chi connectivity index (χ1) is 11.6. The van der Waals surface area contributed by atoms with Crippen molar-refractivity contribution < 1.29 is 9.18 Å². The lowest BCUT2D eigenvalue weighted by atomic mass is 10.1. The molecule has 24 heavy (non-hydrogen) atoms. The first kappa shape index (κ1) is 16.1. The highest BCUT2D eigenvalue weighted by Gasteiger charge is 2.07. The molecule has 0 aliphatic carbocycles. The van der Waals surface area contributed by atoms with Crippen molar-refractivity contribution in [2.75, 3.05) is 11.9 Å². The average molecular weight is 342 g/mol. The molecule has 0 spiro atoms. The van der Waals surface area contributed by atoms with Gasteiger partial charge in [-0.3, -0.25) is 4.79 Å². The van der Waals surface area contributed by atoms with E-state index in [9.17, 15) is 9.18 Å². The number of para-hydroxylation sites is 1. The molecule has 0 saturated heterocycles. The van der Waals surface area contributed by atoms with Crippen LogP contribution in [-0.4, -0.2) is 23.1 Å². The molecule has 0 unspecified atom stereocenters. The summed E-state index contributed by atoms with van der Waals surface area (Å²) < 4.78 is 14.7. The minimum atomic E-state index is -0.374. The van der Waals surface area contributed by atoms with Crippen LogP contribution in [0.25, 0.3) is 10.2 Å². The third kappa shape index (κ3) is 3.75. The predicted molar refractivity (Wildman–Crippen MR) is 94.9 cm³/mol. The number of benzene rings is 2. The number of fused-ring (bicyclic) bond motifs is 1. The van der Waals surface area contributed by atoms with E-state index >= 15 is 0 Å². The van der Waals surface area contributed by atoms with E-state index in [1.165, 1.54) is 17.4 Å². The Morgan fingerprint density at radius 1 is 1.21 bits per heavy atom. The second-order valence-electron chi connectivity index (χ2n) is 5.05. The van der Waals surface area contributed by atoms with Gasteiger partial charge in [0, 0.05) is 5.56 Å². The zero-order valence-electron chi connectivity index (χ0n) is 12.9. The second-order valence-corrected chi connectivity index (χ2v) is 6.08. The molecule has 1 heterocycles. The molecular formula is C17H15FN4OS. The van der Waals surface area contributed by atoms with Crippen LogP contribution in [0.4, 0.5) is 9.52 Å². The van der Waals surface area contributed by atoms with Gasteiger partial charge >= 0.3 is 0 Å². The van der Waals surface area contributed by atoms with Crippen molar-refractivity contribution in [3.05, 3.63) is 59.9 Å². The molecule has 122 valence electrons. The fourth-order valence-electron chi connectivity index (χ4n) is 2.10. The zero-order valence-corrected chi connectivity index (χ0v) is 13.7. The van der Waals surface area contributed by atoms with Crippen LogP contribution in [0.5, 0.6) is 0 Å². The number of anilines is 1. The number of hydrogen-bond donors (Lipinski definition) is 2. The van der Waals surface area contributed by atoms with E-state index in [1.54, 1.807) is 25.1 Å². The number of rotatable bonds is 5. The van der Waals surface area contributed by atoms with Crippen LogP contribution in [0.1, 0.15) is 12.5 Å². The molecule has 0 atom stereocenters. The van der Waals surface area contributed by atoms with Crippen LogP contribution in [-0.2, 0) is 4.79 Å². The standard InChI is InChI=1S/C17H15FN4OS/c1-11(12-6-2-3-7-13(12)18)21-22-16(23)10-19-17-20-14-8-4-5-9-15(14)24-17/h2-9H,10H2,1H3,(H,19,20)(H,22,23)/b21-11-. The van der Waals surface area contributed by atoms with E-state index in [1.807, 2.05) is 24.3 Å². The largest absolute Gasteiger partial charge is 0.352 e. The number of nitrogens with zero attached hydrogens (tertiary/aromatic N) is 2. The van der Waals surface area contributed by atoms with Gasteiger partial charge in [0.15, 0.2) is 5.13 Å². The monoisotopic (exact) mass is 342 g/mol. The lowest BCUT2D eigenvalue weighted by molar-refractivity contribution is -0.119. The summed E-state index contributed by atoms with van der Waals surface area (Å²) in [6, 6.07) is 14.0. The quantitative estimate of drug-likeness (QED) is 0.552. The normalized spacial score (nSPS) is 11.5. The van der Waals surface area contributed by atoms with E-state index < -0.39 is 0 Å². The average Bonchev–Trinajstić information content (AvgIpc) is 3.01. The summed E-state index contributed by atoms with van der Waals surface area (Å²) in [5, 5.41) is 7.56. The Labute approximate surface area is 142 Å². The Bertz CT molecular complexity index is 873. The van der Waals surface area contributed by atoms with E-state index in [4.69, 9.17) is 0 Å². The molecule has 7 heteroatoms. The highest BCUT2D eigenvalue weighted by molar-refractivity contribution is 7.22. The number of carbonyl (C=O) groups is 1. The molecule has 2 N–H and O–H groups in total. The summed E-state index contributed by atoms with van der Waals surface area (Å²) in [5.41, 5.74) is 4.06. The first-order valence-corrected chi connectivity index (χ1v) is 8.12. The van der Waals surface area contributed by atoms with Crippen molar-refractivity contribution in [3.8, 4) is 0 Å². The maximum absolute atomic E-state index is 13.6. The number of hydrazone groups is 1. The van der Waals surface area contributed by atoms with E-state index in [0.717, 1.165) is 10.2 Å². The lowest BCUT2D eigenvalue weighted by Gasteiger charge is -2.04. The number of carbonyl (C=O) groups excluding carboxylic acids is 1. The van der Waals surface area contributed by atoms with Gasteiger partial charge in [0.2, 0.25) is 0 Å². The van der Waals surface area contributed by atoms with Crippen molar-refractivity contribution in [2.45, 2.75) is 6.92 Å². The van der Waals surface area contributed by atoms with Gasteiger partial charge in [-0.15, -0.1) is 0 Å². The van der Waals surface area contributed by atoms with Crippen LogP contribution in [0.3, 0.4) is 0 Å². The molecule has 0 saturated carbocycles. The summed E-state index contributed by atoms with van der Waals surface area (Å²) in [5.74, 6) is -0.703. The van der Waals surface area contributed by atoms with Crippen LogP contribution in [0, 0.1) is 5.82 Å². The molecule has 0 bridgehead atoms. The summed E-state index contributed by atoms with van der Waals surface area (Å²) in [6.07, 6.45) is 0. The summed E-state index contributed by atoms with van der Waals surface area (Å²) in [6.45, 7) is 1.67. The SMILES string of the molecule is C/C(=N/NC(=O)CNc1nc2ccccc2s1)c1ccccc1F. The van der Waals surface area contributed by atoms with E-state index in [-0.39, 0.29) is 18.3 Å². The highest BCUT2D eigenvalue weighted by Crippen LogP contribution is 2.24. The Balaban J connectivity index is 1.57. The van der Waals surface area contributed by atoms with Crippen molar-refractivity contribution in [1.29, 1.82) is 0 Å². The molecule has 0 fully saturated rings. The van der Waals surface area contributed by atoms with Gasteiger partial charge in [0.1, 0.15) is 5.82 Å². The Kier molecular flexibility index (Phi) is 4.81. The Morgan fingerprint density at radius 2 is 1.96 bits per heavy atom. The molecule has 0 aliphatic rings. The van der Waals surface area contributed by atoms with Crippen LogP contribution >= 0.6 is 11.3 Å². The highest BCUT2D eigenvalue weighted by atomic mass is 32.1. The molecule has 3 aromatic rings. The molecule has 5 nitrogen and oxygen atoms in total. The number of amides is 1. The minimum Gasteiger partial charge on any atom is -0.352 e. The number of nitrogens with one attached hydrogen (secondary N) is 2. The molecule has 0 aliphatic heterocycles. The molecular weight excluding hydrogens is 327 g/mol. The fourth-order valence-corrected chi connectivity index (χ4v) is 2.97. The second kappa shape index (κ2) is 7.18.